The van der Waals surface area contributed by atoms with Crippen molar-refractivity contribution in [2.45, 2.75) is 19.3 Å². The Morgan fingerprint density at radius 1 is 1.20 bits per heavy atom. The molecule has 1 aliphatic heterocycles. The molecule has 2 aromatic heterocycles. The smallest absolute Gasteiger partial charge is 0.253 e. The topological polar surface area (TPSA) is 76.8 Å². The first-order valence-electron chi connectivity index (χ1n) is 8.24. The van der Waals surface area contributed by atoms with Crippen LogP contribution in [-0.2, 0) is 0 Å². The molecule has 7 heteroatoms. The molecule has 1 atom stereocenters. The van der Waals surface area contributed by atoms with Crippen LogP contribution in [0.4, 0.5) is 0 Å². The standard InChI is InChI=1S/C18H18N6O/c1-13-5-7-19-17(22-13)15-6-8-23(10-15)18(25)14-3-2-4-16(9-14)24-11-20-21-12-24/h2-5,7,9,11-12,15H,6,8,10H2,1H3/t15-/m0/s1. The lowest BCUT2D eigenvalue weighted by atomic mass is 10.1. The van der Waals surface area contributed by atoms with Crippen LogP contribution in [0, 0.1) is 6.92 Å². The average Bonchev–Trinajstić information content (AvgIpc) is 3.33. The summed E-state index contributed by atoms with van der Waals surface area (Å²) in [7, 11) is 0. The van der Waals surface area contributed by atoms with E-state index in [1.807, 2.05) is 42.2 Å². The van der Waals surface area contributed by atoms with E-state index in [1.165, 1.54) is 0 Å². The minimum atomic E-state index is 0.0325. The van der Waals surface area contributed by atoms with Gasteiger partial charge >= 0.3 is 0 Å². The summed E-state index contributed by atoms with van der Waals surface area (Å²) in [6.07, 6.45) is 5.90. The van der Waals surface area contributed by atoms with Crippen LogP contribution >= 0.6 is 0 Å². The first-order valence-corrected chi connectivity index (χ1v) is 8.24. The fraction of sp³-hybridized carbons (Fsp3) is 0.278. The number of nitrogens with zero attached hydrogens (tertiary/aromatic N) is 6. The number of carbonyl (C=O) groups excluding carboxylic acids is 1. The number of hydrogen-bond donors (Lipinski definition) is 0. The first-order chi connectivity index (χ1) is 12.2. The van der Waals surface area contributed by atoms with E-state index in [0.29, 0.717) is 12.1 Å². The molecule has 1 amide bonds. The van der Waals surface area contributed by atoms with E-state index in [-0.39, 0.29) is 11.8 Å². The third kappa shape index (κ3) is 3.13. The Morgan fingerprint density at radius 2 is 2.04 bits per heavy atom. The van der Waals surface area contributed by atoms with Gasteiger partial charge in [-0.15, -0.1) is 10.2 Å². The largest absolute Gasteiger partial charge is 0.338 e. The van der Waals surface area contributed by atoms with Gasteiger partial charge < -0.3 is 4.90 Å². The number of carbonyl (C=O) groups is 1. The molecule has 0 saturated carbocycles. The number of amides is 1. The summed E-state index contributed by atoms with van der Waals surface area (Å²) in [5.41, 5.74) is 2.49. The van der Waals surface area contributed by atoms with Crippen LogP contribution in [-0.4, -0.2) is 48.6 Å². The lowest BCUT2D eigenvalue weighted by Gasteiger charge is -2.17. The van der Waals surface area contributed by atoms with Crippen LogP contribution in [0.3, 0.4) is 0 Å². The molecule has 25 heavy (non-hydrogen) atoms. The molecule has 0 aliphatic carbocycles. The molecule has 7 nitrogen and oxygen atoms in total. The number of rotatable bonds is 3. The molecule has 1 saturated heterocycles. The minimum absolute atomic E-state index is 0.0325. The third-order valence-corrected chi connectivity index (χ3v) is 4.46. The van der Waals surface area contributed by atoms with Crippen molar-refractivity contribution in [3.05, 3.63) is 66.3 Å². The van der Waals surface area contributed by atoms with E-state index in [1.54, 1.807) is 23.4 Å². The first kappa shape index (κ1) is 15.4. The molecule has 3 heterocycles. The Labute approximate surface area is 145 Å². The molecule has 1 fully saturated rings. The lowest BCUT2D eigenvalue weighted by Crippen LogP contribution is -2.28. The van der Waals surface area contributed by atoms with Gasteiger partial charge in [0.05, 0.1) is 0 Å². The quantitative estimate of drug-likeness (QED) is 0.732. The van der Waals surface area contributed by atoms with Crippen molar-refractivity contribution in [2.75, 3.05) is 13.1 Å². The fourth-order valence-corrected chi connectivity index (χ4v) is 3.14. The molecule has 1 aliphatic rings. The van der Waals surface area contributed by atoms with Gasteiger partial charge in [0.15, 0.2) is 0 Å². The van der Waals surface area contributed by atoms with Crippen LogP contribution < -0.4 is 0 Å². The maximum absolute atomic E-state index is 12.9. The fourth-order valence-electron chi connectivity index (χ4n) is 3.14. The highest BCUT2D eigenvalue weighted by molar-refractivity contribution is 5.95. The number of benzene rings is 1. The van der Waals surface area contributed by atoms with Gasteiger partial charge in [0, 0.05) is 42.1 Å². The summed E-state index contributed by atoms with van der Waals surface area (Å²) >= 11 is 0. The average molecular weight is 334 g/mol. The molecule has 4 rings (SSSR count). The van der Waals surface area contributed by atoms with Gasteiger partial charge in [0.1, 0.15) is 18.5 Å². The molecule has 0 spiro atoms. The van der Waals surface area contributed by atoms with E-state index in [2.05, 4.69) is 20.2 Å². The van der Waals surface area contributed by atoms with E-state index < -0.39 is 0 Å². The molecule has 3 aromatic rings. The van der Waals surface area contributed by atoms with Gasteiger partial charge in [0.2, 0.25) is 0 Å². The number of hydrogen-bond acceptors (Lipinski definition) is 5. The molecular weight excluding hydrogens is 316 g/mol. The highest BCUT2D eigenvalue weighted by Gasteiger charge is 2.29. The monoisotopic (exact) mass is 334 g/mol. The highest BCUT2D eigenvalue weighted by Crippen LogP contribution is 2.26. The Kier molecular flexibility index (Phi) is 3.97. The molecule has 126 valence electrons. The summed E-state index contributed by atoms with van der Waals surface area (Å²) in [5.74, 6) is 1.06. The van der Waals surface area contributed by atoms with Gasteiger partial charge in [0.25, 0.3) is 5.91 Å². The second kappa shape index (κ2) is 6.43. The number of aromatic nitrogens is 5. The Hall–Kier alpha value is -3.09. The highest BCUT2D eigenvalue weighted by atomic mass is 16.2. The second-order valence-corrected chi connectivity index (χ2v) is 6.21. The van der Waals surface area contributed by atoms with Gasteiger partial charge in [-0.1, -0.05) is 6.07 Å². The van der Waals surface area contributed by atoms with E-state index in [9.17, 15) is 4.79 Å². The predicted octanol–water partition coefficient (Wildman–Crippen LogP) is 2.00. The zero-order valence-electron chi connectivity index (χ0n) is 13.9. The van der Waals surface area contributed by atoms with E-state index in [0.717, 1.165) is 30.2 Å². The van der Waals surface area contributed by atoms with Crippen molar-refractivity contribution in [3.63, 3.8) is 0 Å². The zero-order chi connectivity index (χ0) is 17.2. The van der Waals surface area contributed by atoms with Crippen molar-refractivity contribution < 1.29 is 4.79 Å². The predicted molar refractivity (Wildman–Crippen MR) is 91.4 cm³/mol. The van der Waals surface area contributed by atoms with Crippen molar-refractivity contribution in [1.29, 1.82) is 0 Å². The third-order valence-electron chi connectivity index (χ3n) is 4.46. The Bertz CT molecular complexity index is 892. The van der Waals surface area contributed by atoms with Gasteiger partial charge in [-0.25, -0.2) is 9.97 Å². The molecular formula is C18H18N6O. The molecule has 0 N–H and O–H groups in total. The number of aryl methyl sites for hydroxylation is 1. The van der Waals surface area contributed by atoms with Crippen molar-refractivity contribution >= 4 is 5.91 Å². The summed E-state index contributed by atoms with van der Waals surface area (Å²) < 4.78 is 1.78. The second-order valence-electron chi connectivity index (χ2n) is 6.21. The van der Waals surface area contributed by atoms with Crippen LogP contribution in [0.2, 0.25) is 0 Å². The molecule has 0 unspecified atom stereocenters. The van der Waals surface area contributed by atoms with Crippen molar-refractivity contribution in [3.8, 4) is 5.69 Å². The summed E-state index contributed by atoms with van der Waals surface area (Å²) in [6, 6.07) is 9.39. The normalized spacial score (nSPS) is 17.0. The minimum Gasteiger partial charge on any atom is -0.338 e. The van der Waals surface area contributed by atoms with Crippen LogP contribution in [0.5, 0.6) is 0 Å². The SMILES string of the molecule is Cc1ccnc([C@H]2CCN(C(=O)c3cccc(-n4cnnc4)c3)C2)n1. The van der Waals surface area contributed by atoms with E-state index in [4.69, 9.17) is 0 Å². The van der Waals surface area contributed by atoms with Gasteiger partial charge in [-0.3, -0.25) is 9.36 Å². The van der Waals surface area contributed by atoms with Crippen LogP contribution in [0.1, 0.15) is 34.2 Å². The van der Waals surface area contributed by atoms with Gasteiger partial charge in [-0.05, 0) is 37.6 Å². The summed E-state index contributed by atoms with van der Waals surface area (Å²) in [5, 5.41) is 7.61. The zero-order valence-corrected chi connectivity index (χ0v) is 13.9. The van der Waals surface area contributed by atoms with E-state index >= 15 is 0 Å². The van der Waals surface area contributed by atoms with Crippen LogP contribution in [0.15, 0.2) is 49.2 Å². The number of likely N-dealkylation sites (tertiary alicyclic amines) is 1. The van der Waals surface area contributed by atoms with Crippen molar-refractivity contribution in [2.24, 2.45) is 0 Å². The van der Waals surface area contributed by atoms with Gasteiger partial charge in [-0.2, -0.15) is 0 Å². The summed E-state index contributed by atoms with van der Waals surface area (Å²) in [6.45, 7) is 3.33. The maximum Gasteiger partial charge on any atom is 0.253 e. The maximum atomic E-state index is 12.9. The molecule has 1 aromatic carbocycles. The van der Waals surface area contributed by atoms with Crippen molar-refractivity contribution in [1.82, 2.24) is 29.6 Å². The molecule has 0 radical (unpaired) electrons. The molecule has 0 bridgehead atoms. The Balaban J connectivity index is 1.51. The lowest BCUT2D eigenvalue weighted by molar-refractivity contribution is 0.0790. The van der Waals surface area contributed by atoms with Crippen LogP contribution in [0.25, 0.3) is 5.69 Å². The Morgan fingerprint density at radius 3 is 2.84 bits per heavy atom. The summed E-state index contributed by atoms with van der Waals surface area (Å²) in [4.78, 5) is 23.6.